The Labute approximate surface area is 118 Å². The molecule has 1 atom stereocenters. The number of morpholine rings is 1. The minimum Gasteiger partial charge on any atom is -0.376 e. The molecule has 0 spiro atoms. The summed E-state index contributed by atoms with van der Waals surface area (Å²) in [6.07, 6.45) is 0.564. The lowest BCUT2D eigenvalue weighted by Crippen LogP contribution is -2.47. The van der Waals surface area contributed by atoms with Gasteiger partial charge >= 0.3 is 0 Å². The molecule has 0 aromatic heterocycles. The van der Waals surface area contributed by atoms with Crippen LogP contribution in [0.1, 0.15) is 11.1 Å². The minimum absolute atomic E-state index is 0.0688. The first-order chi connectivity index (χ1) is 9.46. The molecule has 7 heteroatoms. The molecule has 0 aliphatic carbocycles. The van der Waals surface area contributed by atoms with Gasteiger partial charge in [0.2, 0.25) is 16.1 Å². The number of sulfonamides is 1. The Hall–Kier alpha value is -1.53. The van der Waals surface area contributed by atoms with Crippen LogP contribution in [0.5, 0.6) is 0 Å². The lowest BCUT2D eigenvalue weighted by Gasteiger charge is -2.31. The van der Waals surface area contributed by atoms with Gasteiger partial charge in [0.1, 0.15) is 0 Å². The van der Waals surface area contributed by atoms with Crippen molar-refractivity contribution in [3.8, 4) is 0 Å². The minimum atomic E-state index is -3.71. The quantitative estimate of drug-likeness (QED) is 0.615. The number of benzene rings is 1. The van der Waals surface area contributed by atoms with E-state index < -0.39 is 16.2 Å². The number of hydrogen-bond donors (Lipinski definition) is 0. The van der Waals surface area contributed by atoms with Gasteiger partial charge in [-0.15, -0.1) is 0 Å². The molecule has 1 saturated heterocycles. The molecule has 0 radical (unpaired) electrons. The van der Waals surface area contributed by atoms with Gasteiger partial charge in [0, 0.05) is 6.54 Å². The van der Waals surface area contributed by atoms with Gasteiger partial charge in [-0.3, -0.25) is 0 Å². The molecule has 1 unspecified atom stereocenters. The molecule has 0 N–H and O–H groups in total. The molecule has 0 saturated carbocycles. The first-order valence-corrected chi connectivity index (χ1v) is 7.64. The Morgan fingerprint density at radius 1 is 1.40 bits per heavy atom. The van der Waals surface area contributed by atoms with Crippen molar-refractivity contribution < 1.29 is 17.9 Å². The maximum atomic E-state index is 12.7. The zero-order chi connectivity index (χ0) is 14.8. The van der Waals surface area contributed by atoms with Crippen LogP contribution in [0.15, 0.2) is 28.1 Å². The molecule has 20 heavy (non-hydrogen) atoms. The van der Waals surface area contributed by atoms with E-state index in [1.807, 2.05) is 13.0 Å². The zero-order valence-electron chi connectivity index (χ0n) is 11.4. The van der Waals surface area contributed by atoms with E-state index in [1.165, 1.54) is 10.4 Å². The second-order valence-electron chi connectivity index (χ2n) is 4.66. The second kappa shape index (κ2) is 5.85. The number of aryl methyl sites for hydroxylation is 2. The first-order valence-electron chi connectivity index (χ1n) is 6.20. The SMILES string of the molecule is Cc1ccc(C)c(S(=O)(=O)N2CCOCC2N=C=O)c1. The monoisotopic (exact) mass is 296 g/mol. The molecule has 108 valence electrons. The highest BCUT2D eigenvalue weighted by atomic mass is 32.2. The third kappa shape index (κ3) is 2.81. The average Bonchev–Trinajstić information content (AvgIpc) is 2.42. The van der Waals surface area contributed by atoms with Gasteiger partial charge in [0.25, 0.3) is 0 Å². The number of isocyanates is 1. The Kier molecular flexibility index (Phi) is 4.35. The number of aliphatic imine (C=N–C) groups is 1. The zero-order valence-corrected chi connectivity index (χ0v) is 12.2. The number of carbonyl (C=O) groups excluding carboxylic acids is 1. The summed E-state index contributed by atoms with van der Waals surface area (Å²) in [4.78, 5) is 14.2. The summed E-state index contributed by atoms with van der Waals surface area (Å²) in [6, 6.07) is 5.25. The molecule has 1 aliphatic heterocycles. The molecule has 1 fully saturated rings. The first kappa shape index (κ1) is 14.9. The van der Waals surface area contributed by atoms with Crippen LogP contribution in [0.25, 0.3) is 0 Å². The lowest BCUT2D eigenvalue weighted by atomic mass is 10.2. The van der Waals surface area contributed by atoms with E-state index in [2.05, 4.69) is 4.99 Å². The summed E-state index contributed by atoms with van der Waals surface area (Å²) in [5.74, 6) is 0. The number of hydrogen-bond acceptors (Lipinski definition) is 5. The van der Waals surface area contributed by atoms with E-state index in [9.17, 15) is 13.2 Å². The molecular formula is C13H16N2O4S. The van der Waals surface area contributed by atoms with E-state index in [1.54, 1.807) is 19.1 Å². The molecule has 2 rings (SSSR count). The molecule has 1 aromatic rings. The van der Waals surface area contributed by atoms with Gasteiger partial charge in [-0.05, 0) is 31.0 Å². The van der Waals surface area contributed by atoms with E-state index in [0.717, 1.165) is 5.56 Å². The molecule has 0 bridgehead atoms. The van der Waals surface area contributed by atoms with Crippen LogP contribution >= 0.6 is 0 Å². The van der Waals surface area contributed by atoms with Crippen LogP contribution in [-0.4, -0.2) is 44.7 Å². The molecule has 6 nitrogen and oxygen atoms in total. The maximum absolute atomic E-state index is 12.7. The predicted octanol–water partition coefficient (Wildman–Crippen LogP) is 0.986. The lowest BCUT2D eigenvalue weighted by molar-refractivity contribution is 0.0359. The van der Waals surface area contributed by atoms with Gasteiger partial charge in [0.15, 0.2) is 6.17 Å². The summed E-state index contributed by atoms with van der Waals surface area (Å²) in [5, 5.41) is 0. The molecule has 1 heterocycles. The van der Waals surface area contributed by atoms with Crippen molar-refractivity contribution in [1.29, 1.82) is 0 Å². The van der Waals surface area contributed by atoms with Gasteiger partial charge in [-0.2, -0.15) is 9.30 Å². The van der Waals surface area contributed by atoms with Crippen LogP contribution < -0.4 is 0 Å². The van der Waals surface area contributed by atoms with Gasteiger partial charge in [-0.25, -0.2) is 13.2 Å². The highest BCUT2D eigenvalue weighted by Crippen LogP contribution is 2.24. The Balaban J connectivity index is 2.47. The molecule has 1 aromatic carbocycles. The Morgan fingerprint density at radius 2 is 2.15 bits per heavy atom. The Morgan fingerprint density at radius 3 is 2.85 bits per heavy atom. The number of rotatable bonds is 3. The Bertz CT molecular complexity index is 650. The van der Waals surface area contributed by atoms with Crippen LogP contribution in [-0.2, 0) is 19.6 Å². The van der Waals surface area contributed by atoms with Crippen LogP contribution in [0.2, 0.25) is 0 Å². The van der Waals surface area contributed by atoms with Crippen molar-refractivity contribution in [1.82, 2.24) is 4.31 Å². The van der Waals surface area contributed by atoms with Crippen molar-refractivity contribution in [2.75, 3.05) is 19.8 Å². The van der Waals surface area contributed by atoms with Crippen molar-refractivity contribution in [3.05, 3.63) is 29.3 Å². The summed E-state index contributed by atoms with van der Waals surface area (Å²) in [7, 11) is -3.71. The summed E-state index contributed by atoms with van der Waals surface area (Å²) < 4.78 is 31.8. The van der Waals surface area contributed by atoms with E-state index in [4.69, 9.17) is 4.74 Å². The van der Waals surface area contributed by atoms with Crippen molar-refractivity contribution in [2.45, 2.75) is 24.9 Å². The predicted molar refractivity (Wildman–Crippen MR) is 72.5 cm³/mol. The standard InChI is InChI=1S/C13H16N2O4S/c1-10-3-4-11(2)12(7-10)20(17,18)15-5-6-19-8-13(15)14-9-16/h3-4,7,13H,5-6,8H2,1-2H3. The molecule has 1 aliphatic rings. The highest BCUT2D eigenvalue weighted by Gasteiger charge is 2.34. The topological polar surface area (TPSA) is 76.0 Å². The number of ether oxygens (including phenoxy) is 1. The largest absolute Gasteiger partial charge is 0.376 e. The van der Waals surface area contributed by atoms with Crippen LogP contribution in [0.4, 0.5) is 0 Å². The van der Waals surface area contributed by atoms with Crippen molar-refractivity contribution >= 4 is 16.1 Å². The fourth-order valence-corrected chi connectivity index (χ4v) is 3.94. The molecular weight excluding hydrogens is 280 g/mol. The highest BCUT2D eigenvalue weighted by molar-refractivity contribution is 7.89. The maximum Gasteiger partial charge on any atom is 0.245 e. The summed E-state index contributed by atoms with van der Waals surface area (Å²) in [5.41, 5.74) is 1.52. The average molecular weight is 296 g/mol. The van der Waals surface area contributed by atoms with Crippen molar-refractivity contribution in [3.63, 3.8) is 0 Å². The van der Waals surface area contributed by atoms with Crippen LogP contribution in [0, 0.1) is 13.8 Å². The third-order valence-electron chi connectivity index (χ3n) is 3.19. The fourth-order valence-electron chi connectivity index (χ4n) is 2.13. The van der Waals surface area contributed by atoms with Crippen molar-refractivity contribution in [2.24, 2.45) is 4.99 Å². The molecule has 0 amide bonds. The van der Waals surface area contributed by atoms with E-state index >= 15 is 0 Å². The number of nitrogens with zero attached hydrogens (tertiary/aromatic N) is 2. The van der Waals surface area contributed by atoms with E-state index in [-0.39, 0.29) is 24.7 Å². The smallest absolute Gasteiger partial charge is 0.245 e. The summed E-state index contributed by atoms with van der Waals surface area (Å²) in [6.45, 7) is 4.10. The second-order valence-corrected chi connectivity index (χ2v) is 6.52. The van der Waals surface area contributed by atoms with Gasteiger partial charge in [0.05, 0.1) is 18.1 Å². The van der Waals surface area contributed by atoms with Gasteiger partial charge in [-0.1, -0.05) is 12.1 Å². The third-order valence-corrected chi connectivity index (χ3v) is 5.23. The summed E-state index contributed by atoms with van der Waals surface area (Å²) >= 11 is 0. The normalized spacial score (nSPS) is 20.4. The van der Waals surface area contributed by atoms with Crippen LogP contribution in [0.3, 0.4) is 0 Å². The van der Waals surface area contributed by atoms with E-state index in [0.29, 0.717) is 5.56 Å². The fraction of sp³-hybridized carbons (Fsp3) is 0.462. The van der Waals surface area contributed by atoms with Gasteiger partial charge < -0.3 is 4.74 Å².